The molecule has 0 aliphatic heterocycles. The maximum atomic E-state index is 14.0. The van der Waals surface area contributed by atoms with Crippen LogP contribution in [0.2, 0.25) is 0 Å². The minimum Gasteiger partial charge on any atom is -0.310 e. The molecule has 3 heteroatoms. The van der Waals surface area contributed by atoms with E-state index in [0.29, 0.717) is 17.0 Å². The van der Waals surface area contributed by atoms with Gasteiger partial charge in [0.2, 0.25) is 0 Å². The Balaban J connectivity index is 2.83. The van der Waals surface area contributed by atoms with Crippen molar-refractivity contribution in [3.05, 3.63) is 34.9 Å². The molecule has 0 radical (unpaired) electrons. The van der Waals surface area contributed by atoms with Gasteiger partial charge in [0.15, 0.2) is 0 Å². The van der Waals surface area contributed by atoms with E-state index in [-0.39, 0.29) is 6.04 Å². The number of rotatable bonds is 8. The van der Waals surface area contributed by atoms with Gasteiger partial charge in [-0.15, -0.1) is 0 Å². The van der Waals surface area contributed by atoms with Gasteiger partial charge in [-0.2, -0.15) is 0 Å². The number of nitrogens with one attached hydrogen (secondary N) is 1. The maximum absolute atomic E-state index is 14.0. The molecule has 0 heterocycles. The van der Waals surface area contributed by atoms with Crippen molar-refractivity contribution in [2.24, 2.45) is 5.92 Å². The van der Waals surface area contributed by atoms with E-state index in [1.807, 2.05) is 0 Å². The summed E-state index contributed by atoms with van der Waals surface area (Å²) in [6, 6.07) is 2.63. The lowest BCUT2D eigenvalue weighted by Gasteiger charge is -2.21. The molecule has 1 rings (SSSR count). The third-order valence-electron chi connectivity index (χ3n) is 3.57. The molecular weight excluding hydrogens is 256 g/mol. The highest BCUT2D eigenvalue weighted by Crippen LogP contribution is 2.25. The number of halogens is 2. The number of benzene rings is 1. The zero-order valence-corrected chi connectivity index (χ0v) is 13.1. The Morgan fingerprint density at radius 1 is 1.10 bits per heavy atom. The molecule has 0 spiro atoms. The lowest BCUT2D eigenvalue weighted by atomic mass is 9.96. The Morgan fingerprint density at radius 3 is 2.40 bits per heavy atom. The highest BCUT2D eigenvalue weighted by atomic mass is 19.1. The molecule has 1 aromatic rings. The Bertz CT molecular complexity index is 416. The normalized spacial score (nSPS) is 12.9. The van der Waals surface area contributed by atoms with E-state index in [1.165, 1.54) is 0 Å². The molecule has 0 amide bonds. The molecule has 1 aromatic carbocycles. The molecule has 1 atom stereocenters. The summed E-state index contributed by atoms with van der Waals surface area (Å²) < 4.78 is 27.4. The van der Waals surface area contributed by atoms with Crippen LogP contribution >= 0.6 is 0 Å². The monoisotopic (exact) mass is 283 g/mol. The van der Waals surface area contributed by atoms with Crippen molar-refractivity contribution in [2.75, 3.05) is 6.54 Å². The van der Waals surface area contributed by atoms with Crippen LogP contribution in [0, 0.1) is 24.5 Å². The van der Waals surface area contributed by atoms with Crippen LogP contribution in [0.1, 0.15) is 63.6 Å². The standard InChI is InChI=1S/C17H27F2N/c1-5-9-20-17(8-6-7-12(2)3)14-10-13(4)15(18)11-16(14)19/h10-12,17,20H,5-9H2,1-4H3. The fourth-order valence-electron chi connectivity index (χ4n) is 2.36. The van der Waals surface area contributed by atoms with E-state index < -0.39 is 11.6 Å². The van der Waals surface area contributed by atoms with Crippen molar-refractivity contribution in [2.45, 2.75) is 59.4 Å². The van der Waals surface area contributed by atoms with Gasteiger partial charge < -0.3 is 5.32 Å². The predicted octanol–water partition coefficient (Wildman–Crippen LogP) is 5.14. The van der Waals surface area contributed by atoms with E-state index >= 15 is 0 Å². The van der Waals surface area contributed by atoms with Gasteiger partial charge >= 0.3 is 0 Å². The zero-order valence-electron chi connectivity index (χ0n) is 13.1. The molecular formula is C17H27F2N. The predicted molar refractivity (Wildman–Crippen MR) is 80.8 cm³/mol. The molecule has 0 fully saturated rings. The SMILES string of the molecule is CCCNC(CCCC(C)C)c1cc(C)c(F)cc1F. The minimum absolute atomic E-state index is 0.0204. The second-order valence-corrected chi connectivity index (χ2v) is 5.95. The van der Waals surface area contributed by atoms with Crippen LogP contribution in [0.15, 0.2) is 12.1 Å². The highest BCUT2D eigenvalue weighted by Gasteiger charge is 2.17. The summed E-state index contributed by atoms with van der Waals surface area (Å²) in [5.74, 6) is -0.254. The Kier molecular flexibility index (Phi) is 7.14. The van der Waals surface area contributed by atoms with Gasteiger partial charge in [-0.05, 0) is 43.9 Å². The van der Waals surface area contributed by atoms with Crippen molar-refractivity contribution in [1.82, 2.24) is 5.32 Å². The average molecular weight is 283 g/mol. The van der Waals surface area contributed by atoms with Crippen molar-refractivity contribution in [1.29, 1.82) is 0 Å². The molecule has 1 nitrogen and oxygen atoms in total. The first-order chi connectivity index (χ1) is 9.45. The summed E-state index contributed by atoms with van der Waals surface area (Å²) in [7, 11) is 0. The van der Waals surface area contributed by atoms with E-state index in [9.17, 15) is 8.78 Å². The molecule has 1 unspecified atom stereocenters. The molecule has 0 aliphatic carbocycles. The van der Waals surface area contributed by atoms with Crippen LogP contribution in [0.5, 0.6) is 0 Å². The van der Waals surface area contributed by atoms with Crippen LogP contribution in [0.25, 0.3) is 0 Å². The van der Waals surface area contributed by atoms with Gasteiger partial charge in [0.1, 0.15) is 11.6 Å². The first-order valence-corrected chi connectivity index (χ1v) is 7.64. The van der Waals surface area contributed by atoms with Crippen LogP contribution in [-0.2, 0) is 0 Å². The third-order valence-corrected chi connectivity index (χ3v) is 3.57. The Morgan fingerprint density at radius 2 is 1.80 bits per heavy atom. The van der Waals surface area contributed by atoms with Gasteiger partial charge in [0, 0.05) is 17.7 Å². The van der Waals surface area contributed by atoms with Crippen molar-refractivity contribution in [3.8, 4) is 0 Å². The Labute approximate surface area is 121 Å². The van der Waals surface area contributed by atoms with Crippen molar-refractivity contribution < 1.29 is 8.78 Å². The van der Waals surface area contributed by atoms with E-state index in [2.05, 4.69) is 26.1 Å². The van der Waals surface area contributed by atoms with Gasteiger partial charge in [-0.25, -0.2) is 8.78 Å². The first kappa shape index (κ1) is 17.1. The van der Waals surface area contributed by atoms with Gasteiger partial charge in [-0.1, -0.05) is 33.6 Å². The van der Waals surface area contributed by atoms with Gasteiger partial charge in [-0.3, -0.25) is 0 Å². The first-order valence-electron chi connectivity index (χ1n) is 7.64. The number of hydrogen-bond acceptors (Lipinski definition) is 1. The maximum Gasteiger partial charge on any atom is 0.130 e. The summed E-state index contributed by atoms with van der Waals surface area (Å²) in [5, 5.41) is 3.38. The number of aryl methyl sites for hydroxylation is 1. The molecule has 0 aliphatic rings. The smallest absolute Gasteiger partial charge is 0.130 e. The summed E-state index contributed by atoms with van der Waals surface area (Å²) in [4.78, 5) is 0. The Hall–Kier alpha value is -0.960. The molecule has 114 valence electrons. The molecule has 0 saturated carbocycles. The van der Waals surface area contributed by atoms with E-state index in [1.54, 1.807) is 13.0 Å². The van der Waals surface area contributed by atoms with Crippen LogP contribution in [0.3, 0.4) is 0 Å². The lowest BCUT2D eigenvalue weighted by Crippen LogP contribution is -2.23. The van der Waals surface area contributed by atoms with Gasteiger partial charge in [0.05, 0.1) is 0 Å². The molecule has 0 aromatic heterocycles. The fourth-order valence-corrected chi connectivity index (χ4v) is 2.36. The second kappa shape index (κ2) is 8.35. The van der Waals surface area contributed by atoms with Crippen LogP contribution < -0.4 is 5.32 Å². The summed E-state index contributed by atoms with van der Waals surface area (Å²) in [6.45, 7) is 9.00. The highest BCUT2D eigenvalue weighted by molar-refractivity contribution is 5.28. The summed E-state index contributed by atoms with van der Waals surface area (Å²) >= 11 is 0. The average Bonchev–Trinajstić information content (AvgIpc) is 2.38. The van der Waals surface area contributed by atoms with Crippen LogP contribution in [-0.4, -0.2) is 6.54 Å². The molecule has 20 heavy (non-hydrogen) atoms. The molecule has 0 saturated heterocycles. The summed E-state index contributed by atoms with van der Waals surface area (Å²) in [6.07, 6.45) is 4.07. The van der Waals surface area contributed by atoms with E-state index in [4.69, 9.17) is 0 Å². The van der Waals surface area contributed by atoms with Gasteiger partial charge in [0.25, 0.3) is 0 Å². The quantitative estimate of drug-likeness (QED) is 0.696. The molecule has 1 N–H and O–H groups in total. The third kappa shape index (κ3) is 5.20. The van der Waals surface area contributed by atoms with Crippen molar-refractivity contribution >= 4 is 0 Å². The molecule has 0 bridgehead atoms. The van der Waals surface area contributed by atoms with Crippen molar-refractivity contribution in [3.63, 3.8) is 0 Å². The van der Waals surface area contributed by atoms with E-state index in [0.717, 1.165) is 38.3 Å². The fraction of sp³-hybridized carbons (Fsp3) is 0.647. The number of hydrogen-bond donors (Lipinski definition) is 1. The van der Waals surface area contributed by atoms with Crippen LogP contribution in [0.4, 0.5) is 8.78 Å². The second-order valence-electron chi connectivity index (χ2n) is 5.95. The topological polar surface area (TPSA) is 12.0 Å². The zero-order chi connectivity index (χ0) is 15.1. The largest absolute Gasteiger partial charge is 0.310 e. The minimum atomic E-state index is -0.470. The summed E-state index contributed by atoms with van der Waals surface area (Å²) in [5.41, 5.74) is 1.11. The lowest BCUT2D eigenvalue weighted by molar-refractivity contribution is 0.432.